The summed E-state index contributed by atoms with van der Waals surface area (Å²) in [5.74, 6) is -0.0192. The Morgan fingerprint density at radius 3 is 3.00 bits per heavy atom. The van der Waals surface area contributed by atoms with Gasteiger partial charge < -0.3 is 20.1 Å². The molecule has 0 unspecified atom stereocenters. The van der Waals surface area contributed by atoms with Crippen LogP contribution in [0.15, 0.2) is 0 Å². The average molecular weight is 239 g/mol. The molecule has 1 fully saturated rings. The maximum atomic E-state index is 11.6. The minimum atomic E-state index is -0.236. The molecule has 6 heteroatoms. The lowest BCUT2D eigenvalue weighted by Crippen LogP contribution is -2.55. The number of carbonyl (C=O) groups is 1. The third kappa shape index (κ3) is 4.79. The van der Waals surface area contributed by atoms with Gasteiger partial charge in [0.25, 0.3) is 0 Å². The lowest BCUT2D eigenvalue weighted by molar-refractivity contribution is -0.129. The molecule has 0 aliphatic carbocycles. The van der Waals surface area contributed by atoms with Crippen molar-refractivity contribution in [3.63, 3.8) is 0 Å². The second-order valence-corrected chi connectivity index (χ2v) is 3.29. The fourth-order valence-electron chi connectivity index (χ4n) is 1.41. The van der Waals surface area contributed by atoms with E-state index in [-0.39, 0.29) is 30.5 Å². The molecule has 0 aromatic rings. The molecule has 0 aromatic carbocycles. The van der Waals surface area contributed by atoms with Gasteiger partial charge >= 0.3 is 0 Å². The molecule has 1 amide bonds. The Morgan fingerprint density at radius 2 is 2.40 bits per heavy atom. The Hall–Kier alpha value is -0.360. The van der Waals surface area contributed by atoms with E-state index >= 15 is 0 Å². The van der Waals surface area contributed by atoms with Gasteiger partial charge in [-0.2, -0.15) is 0 Å². The summed E-state index contributed by atoms with van der Waals surface area (Å²) in [5, 5.41) is 5.89. The Balaban J connectivity index is 0.00000196. The molecule has 1 aliphatic heterocycles. The second kappa shape index (κ2) is 7.87. The molecule has 0 aromatic heterocycles. The predicted molar refractivity (Wildman–Crippen MR) is 59.3 cm³/mol. The molecular weight excluding hydrogens is 220 g/mol. The van der Waals surface area contributed by atoms with Gasteiger partial charge in [0.1, 0.15) is 6.04 Å². The molecule has 1 heterocycles. The highest BCUT2D eigenvalue weighted by Gasteiger charge is 2.27. The number of methoxy groups -OCH3 is 1. The lowest BCUT2D eigenvalue weighted by atomic mass is 10.1. The summed E-state index contributed by atoms with van der Waals surface area (Å²) in [4.78, 5) is 11.6. The van der Waals surface area contributed by atoms with E-state index in [1.807, 2.05) is 6.92 Å². The third-order valence-electron chi connectivity index (χ3n) is 2.20. The first-order valence-electron chi connectivity index (χ1n) is 4.87. The van der Waals surface area contributed by atoms with Crippen molar-refractivity contribution in [3.8, 4) is 0 Å². The standard InChI is InChI=1S/C9H18N2O3.ClH/c1-7-8(10-4-6-14-7)9(12)11-3-5-13-2;/h7-8,10H,3-6H2,1-2H3,(H,11,12);1H/t7-,8+;/m1./s1. The van der Waals surface area contributed by atoms with Gasteiger partial charge in [-0.1, -0.05) is 0 Å². The smallest absolute Gasteiger partial charge is 0.239 e. The van der Waals surface area contributed by atoms with Gasteiger partial charge in [-0.3, -0.25) is 4.79 Å². The second-order valence-electron chi connectivity index (χ2n) is 3.29. The van der Waals surface area contributed by atoms with E-state index in [0.29, 0.717) is 19.8 Å². The van der Waals surface area contributed by atoms with Gasteiger partial charge in [-0.05, 0) is 6.92 Å². The number of nitrogens with one attached hydrogen (secondary N) is 2. The number of hydrogen-bond donors (Lipinski definition) is 2. The SMILES string of the molecule is COCCNC(=O)[C@H]1NCCO[C@@H]1C.Cl. The average Bonchev–Trinajstić information content (AvgIpc) is 2.18. The molecule has 1 aliphatic rings. The van der Waals surface area contributed by atoms with Crippen molar-refractivity contribution < 1.29 is 14.3 Å². The highest BCUT2D eigenvalue weighted by Crippen LogP contribution is 2.03. The summed E-state index contributed by atoms with van der Waals surface area (Å²) in [6.07, 6.45) is -0.0636. The zero-order chi connectivity index (χ0) is 10.4. The van der Waals surface area contributed by atoms with Crippen LogP contribution in [0.2, 0.25) is 0 Å². The highest BCUT2D eigenvalue weighted by molar-refractivity contribution is 5.85. The molecule has 15 heavy (non-hydrogen) atoms. The summed E-state index contributed by atoms with van der Waals surface area (Å²) >= 11 is 0. The minimum Gasteiger partial charge on any atom is -0.383 e. The molecule has 0 saturated carbocycles. The van der Waals surface area contributed by atoms with Crippen LogP contribution in [0.4, 0.5) is 0 Å². The molecule has 5 nitrogen and oxygen atoms in total. The number of amides is 1. The van der Waals surface area contributed by atoms with Crippen molar-refractivity contribution in [2.45, 2.75) is 19.1 Å². The van der Waals surface area contributed by atoms with E-state index in [4.69, 9.17) is 9.47 Å². The zero-order valence-corrected chi connectivity index (χ0v) is 9.93. The Labute approximate surface area is 96.3 Å². The van der Waals surface area contributed by atoms with Crippen LogP contribution in [-0.4, -0.2) is 51.5 Å². The predicted octanol–water partition coefficient (Wildman–Crippen LogP) is -0.452. The normalized spacial score (nSPS) is 25.5. The molecule has 2 N–H and O–H groups in total. The van der Waals surface area contributed by atoms with Crippen molar-refractivity contribution in [3.05, 3.63) is 0 Å². The maximum absolute atomic E-state index is 11.6. The number of hydrogen-bond acceptors (Lipinski definition) is 4. The van der Waals surface area contributed by atoms with Crippen LogP contribution >= 0.6 is 12.4 Å². The summed E-state index contributed by atoms with van der Waals surface area (Å²) in [6.45, 7) is 4.37. The quantitative estimate of drug-likeness (QED) is 0.652. The molecule has 0 radical (unpaired) electrons. The molecule has 0 spiro atoms. The van der Waals surface area contributed by atoms with Gasteiger partial charge in [0, 0.05) is 20.2 Å². The van der Waals surface area contributed by atoms with Gasteiger partial charge in [0.2, 0.25) is 5.91 Å². The van der Waals surface area contributed by atoms with Crippen molar-refractivity contribution >= 4 is 18.3 Å². The van der Waals surface area contributed by atoms with Gasteiger partial charge in [0.05, 0.1) is 19.3 Å². The number of carbonyl (C=O) groups excluding carboxylic acids is 1. The van der Waals surface area contributed by atoms with E-state index in [1.165, 1.54) is 0 Å². The Bertz CT molecular complexity index is 192. The minimum absolute atomic E-state index is 0. The number of morpholine rings is 1. The largest absolute Gasteiger partial charge is 0.383 e. The number of ether oxygens (including phenoxy) is 2. The van der Waals surface area contributed by atoms with Crippen LogP contribution in [0.1, 0.15) is 6.92 Å². The van der Waals surface area contributed by atoms with Crippen LogP contribution in [0, 0.1) is 0 Å². The fraction of sp³-hybridized carbons (Fsp3) is 0.889. The zero-order valence-electron chi connectivity index (χ0n) is 9.12. The first-order chi connectivity index (χ1) is 6.75. The van der Waals surface area contributed by atoms with Crippen molar-refractivity contribution in [2.75, 3.05) is 33.4 Å². The van der Waals surface area contributed by atoms with Crippen LogP contribution in [0.25, 0.3) is 0 Å². The fourth-order valence-corrected chi connectivity index (χ4v) is 1.41. The van der Waals surface area contributed by atoms with Crippen LogP contribution in [0.3, 0.4) is 0 Å². The first-order valence-corrected chi connectivity index (χ1v) is 4.87. The molecule has 2 atom stereocenters. The van der Waals surface area contributed by atoms with E-state index in [0.717, 1.165) is 6.54 Å². The summed E-state index contributed by atoms with van der Waals surface area (Å²) in [6, 6.07) is -0.236. The molecule has 1 rings (SSSR count). The number of rotatable bonds is 4. The molecule has 0 bridgehead atoms. The van der Waals surface area contributed by atoms with Gasteiger partial charge in [-0.25, -0.2) is 0 Å². The lowest BCUT2D eigenvalue weighted by Gasteiger charge is -2.29. The van der Waals surface area contributed by atoms with E-state index in [9.17, 15) is 4.79 Å². The van der Waals surface area contributed by atoms with Crippen LogP contribution in [-0.2, 0) is 14.3 Å². The summed E-state index contributed by atoms with van der Waals surface area (Å²) in [5.41, 5.74) is 0. The van der Waals surface area contributed by atoms with Gasteiger partial charge in [0.15, 0.2) is 0 Å². The molecule has 90 valence electrons. The van der Waals surface area contributed by atoms with Crippen molar-refractivity contribution in [2.24, 2.45) is 0 Å². The van der Waals surface area contributed by atoms with Crippen LogP contribution in [0.5, 0.6) is 0 Å². The topological polar surface area (TPSA) is 59.6 Å². The molecule has 1 saturated heterocycles. The van der Waals surface area contributed by atoms with Crippen molar-refractivity contribution in [1.82, 2.24) is 10.6 Å². The number of halogens is 1. The molecular formula is C9H19ClN2O3. The summed E-state index contributed by atoms with van der Waals surface area (Å²) < 4.78 is 10.2. The van der Waals surface area contributed by atoms with E-state index < -0.39 is 0 Å². The van der Waals surface area contributed by atoms with Crippen molar-refractivity contribution in [1.29, 1.82) is 0 Å². The summed E-state index contributed by atoms with van der Waals surface area (Å²) in [7, 11) is 1.61. The Morgan fingerprint density at radius 1 is 1.67 bits per heavy atom. The maximum Gasteiger partial charge on any atom is 0.239 e. The Kier molecular flexibility index (Phi) is 7.68. The van der Waals surface area contributed by atoms with Gasteiger partial charge in [-0.15, -0.1) is 12.4 Å². The first kappa shape index (κ1) is 14.6. The highest BCUT2D eigenvalue weighted by atomic mass is 35.5. The third-order valence-corrected chi connectivity index (χ3v) is 2.20. The van der Waals surface area contributed by atoms with Crippen LogP contribution < -0.4 is 10.6 Å². The van der Waals surface area contributed by atoms with E-state index in [2.05, 4.69) is 10.6 Å². The van der Waals surface area contributed by atoms with E-state index in [1.54, 1.807) is 7.11 Å². The monoisotopic (exact) mass is 238 g/mol.